The number of rotatable bonds is 3. The molecule has 1 aromatic rings. The molecule has 2 rings (SSSR count). The molecule has 0 saturated heterocycles. The molecule has 2 N–H and O–H groups in total. The highest BCUT2D eigenvalue weighted by Crippen LogP contribution is 2.19. The van der Waals surface area contributed by atoms with E-state index in [2.05, 4.69) is 5.32 Å². The van der Waals surface area contributed by atoms with Crippen LogP contribution in [0.4, 0.5) is 4.39 Å². The van der Waals surface area contributed by atoms with Crippen LogP contribution in [-0.4, -0.2) is 17.3 Å². The van der Waals surface area contributed by atoms with Gasteiger partial charge in [-0.15, -0.1) is 0 Å². The van der Waals surface area contributed by atoms with Crippen LogP contribution in [0.15, 0.2) is 24.3 Å². The number of aliphatic hydroxyl groups excluding tert-OH is 1. The summed E-state index contributed by atoms with van der Waals surface area (Å²) in [6.45, 7) is 0.748. The van der Waals surface area contributed by atoms with Gasteiger partial charge in [0.1, 0.15) is 5.82 Å². The molecule has 1 aromatic carbocycles. The van der Waals surface area contributed by atoms with Gasteiger partial charge in [0.2, 0.25) is 0 Å². The number of hydrogen-bond acceptors (Lipinski definition) is 2. The minimum Gasteiger partial charge on any atom is -0.393 e. The smallest absolute Gasteiger partial charge is 0.123 e. The van der Waals surface area contributed by atoms with Crippen molar-refractivity contribution in [1.29, 1.82) is 0 Å². The molecule has 1 aliphatic rings. The summed E-state index contributed by atoms with van der Waals surface area (Å²) in [5.74, 6) is -0.201. The number of hydrogen-bond donors (Lipinski definition) is 2. The van der Waals surface area contributed by atoms with Gasteiger partial charge < -0.3 is 10.4 Å². The molecule has 14 heavy (non-hydrogen) atoms. The van der Waals surface area contributed by atoms with Crippen molar-refractivity contribution in [2.45, 2.75) is 31.5 Å². The predicted molar refractivity (Wildman–Crippen MR) is 52.3 cm³/mol. The second-order valence-corrected chi connectivity index (χ2v) is 3.83. The van der Waals surface area contributed by atoms with E-state index in [-0.39, 0.29) is 11.9 Å². The maximum atomic E-state index is 12.6. The normalized spacial score (nSPS) is 25.9. The molecule has 1 saturated carbocycles. The van der Waals surface area contributed by atoms with Gasteiger partial charge in [-0.3, -0.25) is 0 Å². The van der Waals surface area contributed by atoms with Gasteiger partial charge in [0.25, 0.3) is 0 Å². The molecule has 76 valence electrons. The summed E-state index contributed by atoms with van der Waals surface area (Å²) in [6, 6.07) is 6.91. The minimum atomic E-state index is -0.201. The molecule has 0 unspecified atom stereocenters. The van der Waals surface area contributed by atoms with Crippen LogP contribution in [0.25, 0.3) is 0 Å². The first-order chi connectivity index (χ1) is 6.74. The van der Waals surface area contributed by atoms with Crippen LogP contribution in [0.3, 0.4) is 0 Å². The van der Waals surface area contributed by atoms with Crippen LogP contribution in [0.1, 0.15) is 18.4 Å². The van der Waals surface area contributed by atoms with Gasteiger partial charge in [-0.2, -0.15) is 0 Å². The lowest BCUT2D eigenvalue weighted by Gasteiger charge is -2.32. The molecule has 0 aliphatic heterocycles. The molecule has 0 heterocycles. The van der Waals surface area contributed by atoms with Crippen molar-refractivity contribution in [3.63, 3.8) is 0 Å². The molecule has 1 aliphatic carbocycles. The van der Waals surface area contributed by atoms with Gasteiger partial charge >= 0.3 is 0 Å². The predicted octanol–water partition coefficient (Wildman–Crippen LogP) is 1.44. The molecule has 3 heteroatoms. The van der Waals surface area contributed by atoms with Gasteiger partial charge in [-0.25, -0.2) is 4.39 Å². The molecule has 1 fully saturated rings. The lowest BCUT2D eigenvalue weighted by atomic mass is 9.89. The van der Waals surface area contributed by atoms with Crippen LogP contribution in [-0.2, 0) is 6.54 Å². The average Bonchev–Trinajstić information content (AvgIpc) is 2.13. The zero-order valence-electron chi connectivity index (χ0n) is 7.91. The third-order valence-corrected chi connectivity index (χ3v) is 2.62. The Morgan fingerprint density at radius 1 is 1.29 bits per heavy atom. The van der Waals surface area contributed by atoms with Crippen LogP contribution in [0, 0.1) is 5.82 Å². The molecule has 0 spiro atoms. The van der Waals surface area contributed by atoms with E-state index >= 15 is 0 Å². The average molecular weight is 195 g/mol. The molecule has 0 atom stereocenters. The highest BCUT2D eigenvalue weighted by molar-refractivity contribution is 5.15. The summed E-state index contributed by atoms with van der Waals surface area (Å²) in [7, 11) is 0. The fourth-order valence-corrected chi connectivity index (χ4v) is 1.62. The summed E-state index contributed by atoms with van der Waals surface area (Å²) in [5.41, 5.74) is 1.08. The Hall–Kier alpha value is -0.930. The Balaban J connectivity index is 1.78. The third kappa shape index (κ3) is 2.30. The Morgan fingerprint density at radius 2 is 1.93 bits per heavy atom. The Kier molecular flexibility index (Phi) is 2.79. The third-order valence-electron chi connectivity index (χ3n) is 2.62. The van der Waals surface area contributed by atoms with Gasteiger partial charge in [0.15, 0.2) is 0 Å². The van der Waals surface area contributed by atoms with Crippen molar-refractivity contribution in [1.82, 2.24) is 5.32 Å². The van der Waals surface area contributed by atoms with Crippen molar-refractivity contribution in [2.75, 3.05) is 0 Å². The summed E-state index contributed by atoms with van der Waals surface area (Å²) < 4.78 is 12.6. The maximum Gasteiger partial charge on any atom is 0.123 e. The summed E-state index contributed by atoms with van der Waals surface area (Å²) in [4.78, 5) is 0. The molecule has 0 amide bonds. The lowest BCUT2D eigenvalue weighted by molar-refractivity contribution is 0.0619. The van der Waals surface area contributed by atoms with E-state index in [9.17, 15) is 4.39 Å². The number of nitrogens with one attached hydrogen (secondary N) is 1. The standard InChI is InChI=1S/C11H14FNO/c12-9-3-1-8(2-4-9)7-13-10-5-11(14)6-10/h1-4,10-11,13-14H,5-7H2. The zero-order chi connectivity index (χ0) is 9.97. The fourth-order valence-electron chi connectivity index (χ4n) is 1.62. The Morgan fingerprint density at radius 3 is 2.50 bits per heavy atom. The quantitative estimate of drug-likeness (QED) is 0.765. The number of benzene rings is 1. The summed E-state index contributed by atoms with van der Waals surface area (Å²) in [6.07, 6.45) is 1.54. The van der Waals surface area contributed by atoms with Gasteiger partial charge in [-0.1, -0.05) is 12.1 Å². The fraction of sp³-hybridized carbons (Fsp3) is 0.455. The Bertz CT molecular complexity index is 293. The van der Waals surface area contributed by atoms with Gasteiger partial charge in [0, 0.05) is 12.6 Å². The van der Waals surface area contributed by atoms with E-state index in [1.165, 1.54) is 12.1 Å². The van der Waals surface area contributed by atoms with Crippen molar-refractivity contribution < 1.29 is 9.50 Å². The van der Waals surface area contributed by atoms with E-state index in [4.69, 9.17) is 5.11 Å². The van der Waals surface area contributed by atoms with Crippen molar-refractivity contribution >= 4 is 0 Å². The molecule has 0 radical (unpaired) electrons. The number of halogens is 1. The lowest BCUT2D eigenvalue weighted by Crippen LogP contribution is -2.43. The summed E-state index contributed by atoms with van der Waals surface area (Å²) >= 11 is 0. The highest BCUT2D eigenvalue weighted by atomic mass is 19.1. The first-order valence-electron chi connectivity index (χ1n) is 4.90. The SMILES string of the molecule is OC1CC(NCc2ccc(F)cc2)C1. The van der Waals surface area contributed by atoms with Crippen LogP contribution in [0.2, 0.25) is 0 Å². The zero-order valence-corrected chi connectivity index (χ0v) is 7.91. The van der Waals surface area contributed by atoms with Crippen molar-refractivity contribution in [2.24, 2.45) is 0 Å². The molecule has 0 bridgehead atoms. The van der Waals surface area contributed by atoms with E-state index in [0.29, 0.717) is 6.04 Å². The largest absolute Gasteiger partial charge is 0.393 e. The topological polar surface area (TPSA) is 32.3 Å². The van der Waals surface area contributed by atoms with E-state index in [1.54, 1.807) is 12.1 Å². The van der Waals surface area contributed by atoms with Crippen LogP contribution >= 0.6 is 0 Å². The van der Waals surface area contributed by atoms with Gasteiger partial charge in [-0.05, 0) is 30.5 Å². The monoisotopic (exact) mass is 195 g/mol. The van der Waals surface area contributed by atoms with Crippen LogP contribution in [0.5, 0.6) is 0 Å². The van der Waals surface area contributed by atoms with Crippen molar-refractivity contribution in [3.05, 3.63) is 35.6 Å². The van der Waals surface area contributed by atoms with Gasteiger partial charge in [0.05, 0.1) is 6.10 Å². The highest BCUT2D eigenvalue weighted by Gasteiger charge is 2.26. The summed E-state index contributed by atoms with van der Waals surface area (Å²) in [5, 5.41) is 12.4. The molecule has 2 nitrogen and oxygen atoms in total. The molecular weight excluding hydrogens is 181 g/mol. The van der Waals surface area contributed by atoms with Crippen molar-refractivity contribution in [3.8, 4) is 0 Å². The molecular formula is C11H14FNO. The second kappa shape index (κ2) is 4.07. The Labute approximate surface area is 82.8 Å². The first-order valence-corrected chi connectivity index (χ1v) is 4.90. The first kappa shape index (κ1) is 9.62. The van der Waals surface area contributed by atoms with E-state index < -0.39 is 0 Å². The van der Waals surface area contributed by atoms with E-state index in [1.807, 2.05) is 0 Å². The number of aliphatic hydroxyl groups is 1. The minimum absolute atomic E-state index is 0.124. The van der Waals surface area contributed by atoms with Crippen LogP contribution < -0.4 is 5.32 Å². The molecule has 0 aromatic heterocycles. The maximum absolute atomic E-state index is 12.6. The second-order valence-electron chi connectivity index (χ2n) is 3.83. The van der Waals surface area contributed by atoms with E-state index in [0.717, 1.165) is 24.9 Å².